The highest BCUT2D eigenvalue weighted by Gasteiger charge is 2.22. The van der Waals surface area contributed by atoms with Crippen LogP contribution in [0, 0.1) is 0 Å². The largest absolute Gasteiger partial charge is 0.409 e. The Kier molecular flexibility index (Phi) is 5.78. The van der Waals surface area contributed by atoms with Gasteiger partial charge < -0.3 is 10.9 Å². The summed E-state index contributed by atoms with van der Waals surface area (Å²) in [5, 5.41) is 11.7. The summed E-state index contributed by atoms with van der Waals surface area (Å²) in [7, 11) is -3.47. The van der Waals surface area contributed by atoms with E-state index in [1.54, 1.807) is 30.3 Å². The maximum Gasteiger partial charge on any atom is 0.212 e. The minimum atomic E-state index is -3.47. The van der Waals surface area contributed by atoms with E-state index in [2.05, 4.69) is 9.88 Å². The van der Waals surface area contributed by atoms with E-state index in [0.717, 1.165) is 6.42 Å². The van der Waals surface area contributed by atoms with Crippen LogP contribution in [0.2, 0.25) is 0 Å². The zero-order chi connectivity index (χ0) is 14.3. The minimum absolute atomic E-state index is 0.0194. The lowest BCUT2D eigenvalue weighted by Gasteiger charge is -2.17. The Morgan fingerprint density at radius 3 is 2.58 bits per heavy atom. The highest BCUT2D eigenvalue weighted by molar-refractivity contribution is 7.89. The van der Waals surface area contributed by atoms with Crippen molar-refractivity contribution in [3.05, 3.63) is 35.9 Å². The summed E-state index contributed by atoms with van der Waals surface area (Å²) in [5.74, 6) is -0.169. The summed E-state index contributed by atoms with van der Waals surface area (Å²) >= 11 is 0. The van der Waals surface area contributed by atoms with Crippen LogP contribution in [-0.4, -0.2) is 25.2 Å². The molecule has 0 aliphatic rings. The van der Waals surface area contributed by atoms with Gasteiger partial charge in [0, 0.05) is 0 Å². The molecule has 19 heavy (non-hydrogen) atoms. The molecule has 6 nitrogen and oxygen atoms in total. The van der Waals surface area contributed by atoms with Crippen LogP contribution in [0.25, 0.3) is 0 Å². The third kappa shape index (κ3) is 4.88. The quantitative estimate of drug-likeness (QED) is 0.303. The minimum Gasteiger partial charge on any atom is -0.409 e. The van der Waals surface area contributed by atoms with Gasteiger partial charge in [0.25, 0.3) is 0 Å². The number of unbranched alkanes of at least 4 members (excludes halogenated alkanes) is 1. The lowest BCUT2D eigenvalue weighted by molar-refractivity contribution is 0.315. The molecule has 1 rings (SSSR count). The van der Waals surface area contributed by atoms with Crippen molar-refractivity contribution in [1.82, 2.24) is 4.72 Å². The Labute approximate surface area is 113 Å². The molecular formula is C12H19N3O3S. The summed E-state index contributed by atoms with van der Waals surface area (Å²) < 4.78 is 26.2. The number of oxime groups is 1. The third-order valence-corrected chi connectivity index (χ3v) is 4.03. The smallest absolute Gasteiger partial charge is 0.212 e. The van der Waals surface area contributed by atoms with Gasteiger partial charge in [-0.05, 0) is 12.0 Å². The Balaban J connectivity index is 2.95. The van der Waals surface area contributed by atoms with Gasteiger partial charge in [-0.25, -0.2) is 8.42 Å². The SMILES string of the molecule is CCCCS(=O)(=O)NC(/C(N)=N/O)c1ccccc1. The molecule has 0 amide bonds. The average molecular weight is 285 g/mol. The first-order valence-electron chi connectivity index (χ1n) is 6.02. The Morgan fingerprint density at radius 2 is 2.05 bits per heavy atom. The van der Waals surface area contributed by atoms with Crippen LogP contribution in [0.4, 0.5) is 0 Å². The van der Waals surface area contributed by atoms with Gasteiger partial charge in [0.15, 0.2) is 5.84 Å². The molecule has 1 aromatic carbocycles. The van der Waals surface area contributed by atoms with Crippen molar-refractivity contribution in [3.63, 3.8) is 0 Å². The van der Waals surface area contributed by atoms with Crippen molar-refractivity contribution in [1.29, 1.82) is 0 Å². The second-order valence-electron chi connectivity index (χ2n) is 4.16. The standard InChI is InChI=1S/C12H19N3O3S/c1-2-3-9-19(17,18)15-11(12(13)14-16)10-7-5-4-6-8-10/h4-8,11,15-16H,2-3,9H2,1H3,(H2,13,14). The molecule has 106 valence electrons. The molecule has 1 unspecified atom stereocenters. The third-order valence-electron chi connectivity index (χ3n) is 2.61. The van der Waals surface area contributed by atoms with Gasteiger partial charge in [0.1, 0.15) is 6.04 Å². The summed E-state index contributed by atoms with van der Waals surface area (Å²) in [6.07, 6.45) is 1.34. The maximum atomic E-state index is 11.9. The molecule has 0 spiro atoms. The lowest BCUT2D eigenvalue weighted by atomic mass is 10.1. The van der Waals surface area contributed by atoms with Crippen LogP contribution < -0.4 is 10.5 Å². The number of benzene rings is 1. The van der Waals surface area contributed by atoms with Gasteiger partial charge >= 0.3 is 0 Å². The molecule has 0 aromatic heterocycles. The lowest BCUT2D eigenvalue weighted by Crippen LogP contribution is -2.38. The van der Waals surface area contributed by atoms with E-state index in [1.807, 2.05) is 6.92 Å². The summed E-state index contributed by atoms with van der Waals surface area (Å²) in [4.78, 5) is 0. The predicted octanol–water partition coefficient (Wildman–Crippen LogP) is 1.19. The fourth-order valence-corrected chi connectivity index (χ4v) is 2.98. The second-order valence-corrected chi connectivity index (χ2v) is 6.03. The van der Waals surface area contributed by atoms with E-state index in [9.17, 15) is 8.42 Å². The van der Waals surface area contributed by atoms with Crippen LogP contribution in [-0.2, 0) is 10.0 Å². The van der Waals surface area contributed by atoms with Gasteiger partial charge in [-0.1, -0.05) is 48.8 Å². The molecule has 0 radical (unpaired) electrons. The highest BCUT2D eigenvalue weighted by atomic mass is 32.2. The van der Waals surface area contributed by atoms with E-state index in [-0.39, 0.29) is 11.6 Å². The van der Waals surface area contributed by atoms with Gasteiger partial charge in [-0.2, -0.15) is 4.72 Å². The second kappa shape index (κ2) is 7.10. The molecule has 0 saturated carbocycles. The molecular weight excluding hydrogens is 266 g/mol. The van der Waals surface area contributed by atoms with E-state index in [4.69, 9.17) is 10.9 Å². The average Bonchev–Trinajstić information content (AvgIpc) is 2.43. The van der Waals surface area contributed by atoms with Gasteiger partial charge in [-0.15, -0.1) is 0 Å². The number of hydrogen-bond acceptors (Lipinski definition) is 4. The van der Waals surface area contributed by atoms with Crippen LogP contribution in [0.15, 0.2) is 35.5 Å². The predicted molar refractivity (Wildman–Crippen MR) is 74.4 cm³/mol. The van der Waals surface area contributed by atoms with E-state index < -0.39 is 16.1 Å². The molecule has 0 heterocycles. The normalized spacial score (nSPS) is 14.3. The van der Waals surface area contributed by atoms with Crippen LogP contribution in [0.3, 0.4) is 0 Å². The van der Waals surface area contributed by atoms with Crippen molar-refractivity contribution in [2.24, 2.45) is 10.9 Å². The summed E-state index contributed by atoms with van der Waals surface area (Å²) in [6, 6.07) is 7.89. The molecule has 1 atom stereocenters. The van der Waals surface area contributed by atoms with Gasteiger partial charge in [-0.3, -0.25) is 0 Å². The Hall–Kier alpha value is -1.60. The zero-order valence-electron chi connectivity index (χ0n) is 10.8. The van der Waals surface area contributed by atoms with Gasteiger partial charge in [0.2, 0.25) is 10.0 Å². The molecule has 4 N–H and O–H groups in total. The fourth-order valence-electron chi connectivity index (χ4n) is 1.58. The number of hydrogen-bond donors (Lipinski definition) is 3. The fraction of sp³-hybridized carbons (Fsp3) is 0.417. The van der Waals surface area contributed by atoms with Crippen molar-refractivity contribution in [2.75, 3.05) is 5.75 Å². The number of amidine groups is 1. The highest BCUT2D eigenvalue weighted by Crippen LogP contribution is 2.14. The molecule has 1 aromatic rings. The molecule has 0 aliphatic carbocycles. The monoisotopic (exact) mass is 285 g/mol. The number of sulfonamides is 1. The first kappa shape index (κ1) is 15.5. The van der Waals surface area contributed by atoms with Crippen molar-refractivity contribution < 1.29 is 13.6 Å². The first-order chi connectivity index (χ1) is 9.00. The van der Waals surface area contributed by atoms with Crippen molar-refractivity contribution >= 4 is 15.9 Å². The Bertz CT molecular complexity index is 514. The van der Waals surface area contributed by atoms with Gasteiger partial charge in [0.05, 0.1) is 5.75 Å². The molecule has 7 heteroatoms. The van der Waals surface area contributed by atoms with E-state index in [0.29, 0.717) is 12.0 Å². The number of rotatable bonds is 7. The number of nitrogens with one attached hydrogen (secondary N) is 1. The van der Waals surface area contributed by atoms with Crippen LogP contribution in [0.1, 0.15) is 31.4 Å². The summed E-state index contributed by atoms with van der Waals surface area (Å²) in [6.45, 7) is 1.91. The zero-order valence-corrected chi connectivity index (χ0v) is 11.6. The van der Waals surface area contributed by atoms with Crippen molar-refractivity contribution in [3.8, 4) is 0 Å². The van der Waals surface area contributed by atoms with Crippen LogP contribution >= 0.6 is 0 Å². The van der Waals surface area contributed by atoms with E-state index >= 15 is 0 Å². The molecule has 0 bridgehead atoms. The molecule has 0 saturated heterocycles. The first-order valence-corrected chi connectivity index (χ1v) is 7.67. The molecule has 0 fully saturated rings. The Morgan fingerprint density at radius 1 is 1.42 bits per heavy atom. The van der Waals surface area contributed by atoms with Crippen LogP contribution in [0.5, 0.6) is 0 Å². The maximum absolute atomic E-state index is 11.9. The molecule has 0 aliphatic heterocycles. The summed E-state index contributed by atoms with van der Waals surface area (Å²) in [5.41, 5.74) is 6.18. The number of nitrogens with two attached hydrogens (primary N) is 1. The topological polar surface area (TPSA) is 105 Å². The van der Waals surface area contributed by atoms with E-state index in [1.165, 1.54) is 0 Å². The number of nitrogens with zero attached hydrogens (tertiary/aromatic N) is 1. The van der Waals surface area contributed by atoms with Crippen molar-refractivity contribution in [2.45, 2.75) is 25.8 Å².